The highest BCUT2D eigenvalue weighted by Crippen LogP contribution is 2.32. The second-order valence-corrected chi connectivity index (χ2v) is 8.38. The van der Waals surface area contributed by atoms with Gasteiger partial charge in [-0.2, -0.15) is 0 Å². The Kier molecular flexibility index (Phi) is 6.30. The number of anilines is 2. The van der Waals surface area contributed by atoms with E-state index in [0.29, 0.717) is 22.0 Å². The van der Waals surface area contributed by atoms with E-state index in [2.05, 4.69) is 10.6 Å². The Morgan fingerprint density at radius 3 is 2.26 bits per heavy atom. The third-order valence-corrected chi connectivity index (χ3v) is 6.22. The van der Waals surface area contributed by atoms with Crippen LogP contribution in [0.5, 0.6) is 0 Å². The minimum Gasteiger partial charge on any atom is -0.350 e. The lowest BCUT2D eigenvalue weighted by Crippen LogP contribution is -2.42. The van der Waals surface area contributed by atoms with Crippen LogP contribution >= 0.6 is 23.2 Å². The molecule has 4 rings (SSSR count). The standard InChI is InChI=1S/C23H21Cl2N3O3/c24-17-8-4-5-9-18(17)27-21(29)14-10-12-15(13-11-14)26-20-19(25)22(30)28(23(20)31)16-6-2-1-3-7-16/h4-5,8-13,16,26H,1-3,6-7H2,(H,27,29). The number of amides is 3. The Morgan fingerprint density at radius 1 is 0.903 bits per heavy atom. The van der Waals surface area contributed by atoms with Crippen molar-refractivity contribution in [1.29, 1.82) is 0 Å². The van der Waals surface area contributed by atoms with Crippen LogP contribution in [0.3, 0.4) is 0 Å². The van der Waals surface area contributed by atoms with Gasteiger partial charge >= 0.3 is 0 Å². The van der Waals surface area contributed by atoms with Crippen LogP contribution in [0.4, 0.5) is 11.4 Å². The van der Waals surface area contributed by atoms with Crippen LogP contribution < -0.4 is 10.6 Å². The Labute approximate surface area is 190 Å². The van der Waals surface area contributed by atoms with Gasteiger partial charge in [0.25, 0.3) is 17.7 Å². The summed E-state index contributed by atoms with van der Waals surface area (Å²) >= 11 is 12.3. The molecule has 1 fully saturated rings. The van der Waals surface area contributed by atoms with Crippen molar-refractivity contribution >= 4 is 52.3 Å². The maximum atomic E-state index is 12.9. The molecule has 0 unspecified atom stereocenters. The van der Waals surface area contributed by atoms with Gasteiger partial charge in [-0.25, -0.2) is 0 Å². The molecule has 6 nitrogen and oxygen atoms in total. The Bertz CT molecular complexity index is 1060. The van der Waals surface area contributed by atoms with Crippen molar-refractivity contribution < 1.29 is 14.4 Å². The number of nitrogens with zero attached hydrogens (tertiary/aromatic N) is 1. The number of halogens is 2. The summed E-state index contributed by atoms with van der Waals surface area (Å²) in [5.41, 5.74) is 1.56. The fourth-order valence-corrected chi connectivity index (χ4v) is 4.31. The van der Waals surface area contributed by atoms with Gasteiger partial charge in [0, 0.05) is 17.3 Å². The average molecular weight is 458 g/mol. The van der Waals surface area contributed by atoms with Gasteiger partial charge in [0.1, 0.15) is 10.7 Å². The predicted octanol–water partition coefficient (Wildman–Crippen LogP) is 5.16. The number of para-hydroxylation sites is 1. The van der Waals surface area contributed by atoms with Crippen LogP contribution in [-0.4, -0.2) is 28.7 Å². The molecule has 0 atom stereocenters. The molecule has 3 amide bonds. The monoisotopic (exact) mass is 457 g/mol. The minimum absolute atomic E-state index is 0.0745. The summed E-state index contributed by atoms with van der Waals surface area (Å²) in [5, 5.41) is 6.05. The molecule has 1 aliphatic carbocycles. The predicted molar refractivity (Wildman–Crippen MR) is 121 cm³/mol. The van der Waals surface area contributed by atoms with E-state index in [1.165, 1.54) is 4.90 Å². The lowest BCUT2D eigenvalue weighted by atomic mass is 9.94. The summed E-state index contributed by atoms with van der Waals surface area (Å²) in [4.78, 5) is 39.2. The zero-order chi connectivity index (χ0) is 22.0. The molecule has 2 aromatic rings. The van der Waals surface area contributed by atoms with Crippen molar-refractivity contribution in [3.8, 4) is 0 Å². The number of hydrogen-bond donors (Lipinski definition) is 2. The van der Waals surface area contributed by atoms with Gasteiger partial charge in [0.15, 0.2) is 0 Å². The molecule has 2 aromatic carbocycles. The fraction of sp³-hybridized carbons (Fsp3) is 0.261. The van der Waals surface area contributed by atoms with Crippen molar-refractivity contribution in [3.05, 3.63) is 69.8 Å². The Morgan fingerprint density at radius 2 is 1.58 bits per heavy atom. The summed E-state index contributed by atoms with van der Waals surface area (Å²) in [7, 11) is 0. The molecule has 0 radical (unpaired) electrons. The van der Waals surface area contributed by atoms with E-state index < -0.39 is 11.8 Å². The second kappa shape index (κ2) is 9.12. The lowest BCUT2D eigenvalue weighted by molar-refractivity contribution is -0.140. The van der Waals surface area contributed by atoms with Gasteiger partial charge < -0.3 is 10.6 Å². The van der Waals surface area contributed by atoms with Crippen molar-refractivity contribution in [1.82, 2.24) is 4.90 Å². The number of carbonyl (C=O) groups is 3. The summed E-state index contributed by atoms with van der Waals surface area (Å²) in [6.07, 6.45) is 4.74. The molecule has 0 aromatic heterocycles. The Hall–Kier alpha value is -2.83. The van der Waals surface area contributed by atoms with E-state index in [9.17, 15) is 14.4 Å². The molecule has 0 bridgehead atoms. The first kappa shape index (κ1) is 21.4. The molecule has 31 heavy (non-hydrogen) atoms. The third-order valence-electron chi connectivity index (χ3n) is 5.54. The number of rotatable bonds is 5. The van der Waals surface area contributed by atoms with Gasteiger partial charge in [0.05, 0.1) is 10.7 Å². The normalized spacial score (nSPS) is 17.3. The molecule has 2 aliphatic rings. The highest BCUT2D eigenvalue weighted by atomic mass is 35.5. The van der Waals surface area contributed by atoms with E-state index in [0.717, 1.165) is 32.1 Å². The van der Waals surface area contributed by atoms with Crippen LogP contribution in [0.1, 0.15) is 42.5 Å². The summed E-state index contributed by atoms with van der Waals surface area (Å²) in [5.74, 6) is -1.16. The minimum atomic E-state index is -0.447. The molecule has 160 valence electrons. The fourth-order valence-electron chi connectivity index (χ4n) is 3.90. The zero-order valence-electron chi connectivity index (χ0n) is 16.7. The maximum Gasteiger partial charge on any atom is 0.279 e. The zero-order valence-corrected chi connectivity index (χ0v) is 18.2. The van der Waals surface area contributed by atoms with E-state index in [1.807, 2.05) is 0 Å². The van der Waals surface area contributed by atoms with E-state index in [1.54, 1.807) is 48.5 Å². The van der Waals surface area contributed by atoms with Crippen LogP contribution in [0, 0.1) is 0 Å². The molecule has 8 heteroatoms. The van der Waals surface area contributed by atoms with Crippen molar-refractivity contribution in [2.45, 2.75) is 38.1 Å². The van der Waals surface area contributed by atoms with Crippen LogP contribution in [0.25, 0.3) is 0 Å². The number of carbonyl (C=O) groups excluding carboxylic acids is 3. The molecule has 1 aliphatic heterocycles. The molecular weight excluding hydrogens is 437 g/mol. The first-order valence-electron chi connectivity index (χ1n) is 10.2. The van der Waals surface area contributed by atoms with Crippen molar-refractivity contribution in [2.75, 3.05) is 10.6 Å². The first-order valence-corrected chi connectivity index (χ1v) is 10.9. The van der Waals surface area contributed by atoms with Crippen LogP contribution in [-0.2, 0) is 9.59 Å². The summed E-state index contributed by atoms with van der Waals surface area (Å²) < 4.78 is 0. The first-order chi connectivity index (χ1) is 15.0. The van der Waals surface area contributed by atoms with E-state index in [4.69, 9.17) is 23.2 Å². The van der Waals surface area contributed by atoms with Gasteiger partial charge in [-0.1, -0.05) is 54.6 Å². The average Bonchev–Trinajstić information content (AvgIpc) is 2.99. The summed E-state index contributed by atoms with van der Waals surface area (Å²) in [6.45, 7) is 0. The maximum absolute atomic E-state index is 12.9. The molecular formula is C23H21Cl2N3O3. The SMILES string of the molecule is O=C(Nc1ccccc1Cl)c1ccc(NC2=C(Cl)C(=O)N(C3CCCCC3)C2=O)cc1. The van der Waals surface area contributed by atoms with Crippen molar-refractivity contribution in [3.63, 3.8) is 0 Å². The molecule has 0 saturated heterocycles. The summed E-state index contributed by atoms with van der Waals surface area (Å²) in [6, 6.07) is 13.4. The largest absolute Gasteiger partial charge is 0.350 e. The van der Waals surface area contributed by atoms with Gasteiger partial charge in [-0.3, -0.25) is 19.3 Å². The molecule has 1 saturated carbocycles. The van der Waals surface area contributed by atoms with E-state index in [-0.39, 0.29) is 22.7 Å². The van der Waals surface area contributed by atoms with Gasteiger partial charge in [-0.15, -0.1) is 0 Å². The molecule has 2 N–H and O–H groups in total. The molecule has 0 spiro atoms. The van der Waals surface area contributed by atoms with Gasteiger partial charge in [-0.05, 0) is 49.2 Å². The van der Waals surface area contributed by atoms with Crippen LogP contribution in [0.2, 0.25) is 5.02 Å². The van der Waals surface area contributed by atoms with Crippen LogP contribution in [0.15, 0.2) is 59.3 Å². The molecule has 1 heterocycles. The second-order valence-electron chi connectivity index (χ2n) is 7.60. The number of nitrogens with one attached hydrogen (secondary N) is 2. The lowest BCUT2D eigenvalue weighted by Gasteiger charge is -2.29. The smallest absolute Gasteiger partial charge is 0.279 e. The highest BCUT2D eigenvalue weighted by Gasteiger charge is 2.42. The quantitative estimate of drug-likeness (QED) is 0.607. The highest BCUT2D eigenvalue weighted by molar-refractivity contribution is 6.48. The third kappa shape index (κ3) is 4.45. The Balaban J connectivity index is 1.45. The number of imide groups is 1. The van der Waals surface area contributed by atoms with E-state index >= 15 is 0 Å². The number of benzene rings is 2. The topological polar surface area (TPSA) is 78.5 Å². The van der Waals surface area contributed by atoms with Crippen molar-refractivity contribution in [2.24, 2.45) is 0 Å². The number of hydrogen-bond acceptors (Lipinski definition) is 4. The van der Waals surface area contributed by atoms with Gasteiger partial charge in [0.2, 0.25) is 0 Å².